The van der Waals surface area contributed by atoms with Gasteiger partial charge in [0.2, 0.25) is 0 Å². The predicted molar refractivity (Wildman–Crippen MR) is 50.8 cm³/mol. The van der Waals surface area contributed by atoms with Crippen molar-refractivity contribution in [2.24, 2.45) is 22.5 Å². The van der Waals surface area contributed by atoms with Crippen molar-refractivity contribution in [3.63, 3.8) is 0 Å². The highest BCUT2D eigenvalue weighted by atomic mass is 16.3. The topological polar surface area (TPSA) is 46.2 Å². The van der Waals surface area contributed by atoms with Gasteiger partial charge in [0.25, 0.3) is 0 Å². The molecule has 1 fully saturated rings. The summed E-state index contributed by atoms with van der Waals surface area (Å²) in [5.41, 5.74) is 6.09. The van der Waals surface area contributed by atoms with Crippen molar-refractivity contribution in [1.29, 1.82) is 0 Å². The van der Waals surface area contributed by atoms with Gasteiger partial charge in [-0.2, -0.15) is 0 Å². The van der Waals surface area contributed by atoms with E-state index in [1.54, 1.807) is 0 Å². The van der Waals surface area contributed by atoms with Crippen LogP contribution in [0.15, 0.2) is 0 Å². The van der Waals surface area contributed by atoms with E-state index in [1.807, 2.05) is 0 Å². The summed E-state index contributed by atoms with van der Waals surface area (Å²) in [6, 6.07) is 0. The summed E-state index contributed by atoms with van der Waals surface area (Å²) >= 11 is 0. The van der Waals surface area contributed by atoms with Crippen LogP contribution in [-0.4, -0.2) is 18.3 Å². The Balaban J connectivity index is 2.41. The second kappa shape index (κ2) is 3.00. The zero-order chi connectivity index (χ0) is 9.41. The van der Waals surface area contributed by atoms with Crippen LogP contribution in [0.25, 0.3) is 0 Å². The van der Waals surface area contributed by atoms with Crippen LogP contribution in [-0.2, 0) is 0 Å². The first kappa shape index (κ1) is 10.0. The molecule has 0 heterocycles. The van der Waals surface area contributed by atoms with Crippen LogP contribution in [0.3, 0.4) is 0 Å². The Morgan fingerprint density at radius 1 is 1.50 bits per heavy atom. The van der Waals surface area contributed by atoms with Gasteiger partial charge >= 0.3 is 0 Å². The van der Waals surface area contributed by atoms with E-state index in [4.69, 9.17) is 10.8 Å². The molecule has 0 radical (unpaired) electrons. The molecule has 12 heavy (non-hydrogen) atoms. The van der Waals surface area contributed by atoms with Crippen molar-refractivity contribution < 1.29 is 5.11 Å². The molecule has 2 nitrogen and oxygen atoms in total. The molecule has 0 aromatic carbocycles. The van der Waals surface area contributed by atoms with Crippen molar-refractivity contribution in [3.8, 4) is 0 Å². The fourth-order valence-electron chi connectivity index (χ4n) is 1.97. The Bertz CT molecular complexity index is 156. The van der Waals surface area contributed by atoms with Crippen molar-refractivity contribution in [3.05, 3.63) is 0 Å². The van der Waals surface area contributed by atoms with E-state index in [-0.39, 0.29) is 12.0 Å². The molecule has 0 aromatic heterocycles. The lowest BCUT2D eigenvalue weighted by atomic mass is 9.87. The molecule has 0 aliphatic heterocycles. The molecule has 0 saturated heterocycles. The summed E-state index contributed by atoms with van der Waals surface area (Å²) < 4.78 is 0. The maximum Gasteiger partial charge on any atom is 0.0502 e. The summed E-state index contributed by atoms with van der Waals surface area (Å²) in [7, 11) is 0. The number of aliphatic hydroxyl groups is 1. The molecule has 1 rings (SSSR count). The van der Waals surface area contributed by atoms with Gasteiger partial charge in [-0.3, -0.25) is 0 Å². The molecule has 2 unspecified atom stereocenters. The van der Waals surface area contributed by atoms with Gasteiger partial charge in [-0.1, -0.05) is 20.8 Å². The Labute approximate surface area is 75.2 Å². The summed E-state index contributed by atoms with van der Waals surface area (Å²) in [6.45, 7) is 7.63. The molecule has 0 spiro atoms. The standard InChI is InChI=1S/C10H21NO/c1-9(2,3)4-8-5-10(8,6-11)7-12/h8,12H,4-7,11H2,1-3H3. The third-order valence-electron chi connectivity index (χ3n) is 2.94. The molecular formula is C10H21NO. The van der Waals surface area contributed by atoms with Crippen LogP contribution >= 0.6 is 0 Å². The zero-order valence-corrected chi connectivity index (χ0v) is 8.43. The van der Waals surface area contributed by atoms with Gasteiger partial charge in [0.15, 0.2) is 0 Å². The minimum atomic E-state index is 0.0906. The van der Waals surface area contributed by atoms with E-state index in [9.17, 15) is 0 Å². The van der Waals surface area contributed by atoms with Crippen LogP contribution in [0.5, 0.6) is 0 Å². The minimum Gasteiger partial charge on any atom is -0.396 e. The summed E-state index contributed by atoms with van der Waals surface area (Å²) in [5.74, 6) is 0.660. The molecule has 1 aliphatic rings. The van der Waals surface area contributed by atoms with Crippen LogP contribution < -0.4 is 5.73 Å². The first-order valence-electron chi connectivity index (χ1n) is 4.74. The first-order chi connectivity index (χ1) is 5.43. The highest BCUT2D eigenvalue weighted by Gasteiger charge is 2.53. The maximum absolute atomic E-state index is 9.14. The first-order valence-corrected chi connectivity index (χ1v) is 4.74. The normalized spacial score (nSPS) is 35.2. The van der Waals surface area contributed by atoms with Crippen LogP contribution in [0.1, 0.15) is 33.6 Å². The lowest BCUT2D eigenvalue weighted by Gasteiger charge is -2.20. The second-order valence-electron chi connectivity index (χ2n) is 5.39. The van der Waals surface area contributed by atoms with Crippen LogP contribution in [0.4, 0.5) is 0 Å². The number of hydrogen-bond donors (Lipinski definition) is 2. The Kier molecular flexibility index (Phi) is 2.50. The maximum atomic E-state index is 9.14. The monoisotopic (exact) mass is 171 g/mol. The second-order valence-corrected chi connectivity index (χ2v) is 5.39. The smallest absolute Gasteiger partial charge is 0.0502 e. The lowest BCUT2D eigenvalue weighted by Crippen LogP contribution is -2.23. The summed E-state index contributed by atoms with van der Waals surface area (Å²) in [4.78, 5) is 0. The quantitative estimate of drug-likeness (QED) is 0.674. The van der Waals surface area contributed by atoms with E-state index in [0.717, 1.165) is 6.42 Å². The van der Waals surface area contributed by atoms with Crippen molar-refractivity contribution in [2.75, 3.05) is 13.2 Å². The van der Waals surface area contributed by atoms with E-state index in [2.05, 4.69) is 20.8 Å². The van der Waals surface area contributed by atoms with Crippen LogP contribution in [0, 0.1) is 16.7 Å². The Morgan fingerprint density at radius 2 is 2.08 bits per heavy atom. The molecule has 2 atom stereocenters. The highest BCUT2D eigenvalue weighted by molar-refractivity contribution is 5.03. The third-order valence-corrected chi connectivity index (χ3v) is 2.94. The van der Waals surface area contributed by atoms with E-state index in [1.165, 1.54) is 6.42 Å². The van der Waals surface area contributed by atoms with E-state index < -0.39 is 0 Å². The van der Waals surface area contributed by atoms with E-state index in [0.29, 0.717) is 17.9 Å². The molecule has 0 aromatic rings. The molecule has 2 heteroatoms. The molecule has 1 saturated carbocycles. The molecule has 1 aliphatic carbocycles. The van der Waals surface area contributed by atoms with E-state index >= 15 is 0 Å². The van der Waals surface area contributed by atoms with Gasteiger partial charge in [-0.25, -0.2) is 0 Å². The Hall–Kier alpha value is -0.0800. The number of hydrogen-bond acceptors (Lipinski definition) is 2. The summed E-state index contributed by atoms with van der Waals surface area (Å²) in [6.07, 6.45) is 2.31. The van der Waals surface area contributed by atoms with Gasteiger partial charge in [0.05, 0.1) is 6.61 Å². The molecule has 0 amide bonds. The summed E-state index contributed by atoms with van der Waals surface area (Å²) in [5, 5.41) is 9.14. The van der Waals surface area contributed by atoms with Gasteiger partial charge in [-0.15, -0.1) is 0 Å². The highest BCUT2D eigenvalue weighted by Crippen LogP contribution is 2.56. The lowest BCUT2D eigenvalue weighted by molar-refractivity contribution is 0.190. The largest absolute Gasteiger partial charge is 0.396 e. The number of rotatable bonds is 3. The average Bonchev–Trinajstić information content (AvgIpc) is 2.60. The van der Waals surface area contributed by atoms with Crippen LogP contribution in [0.2, 0.25) is 0 Å². The van der Waals surface area contributed by atoms with Gasteiger partial charge < -0.3 is 10.8 Å². The van der Waals surface area contributed by atoms with Gasteiger partial charge in [0, 0.05) is 12.0 Å². The van der Waals surface area contributed by atoms with Gasteiger partial charge in [0.1, 0.15) is 0 Å². The van der Waals surface area contributed by atoms with Crippen molar-refractivity contribution in [1.82, 2.24) is 0 Å². The molecule has 0 bridgehead atoms. The zero-order valence-electron chi connectivity index (χ0n) is 8.43. The number of aliphatic hydroxyl groups excluding tert-OH is 1. The molecular weight excluding hydrogens is 150 g/mol. The van der Waals surface area contributed by atoms with Crippen molar-refractivity contribution >= 4 is 0 Å². The molecule has 3 N–H and O–H groups in total. The molecule has 72 valence electrons. The Morgan fingerprint density at radius 3 is 2.33 bits per heavy atom. The number of nitrogens with two attached hydrogens (primary N) is 1. The fourth-order valence-corrected chi connectivity index (χ4v) is 1.97. The average molecular weight is 171 g/mol. The SMILES string of the molecule is CC(C)(C)CC1CC1(CN)CO. The van der Waals surface area contributed by atoms with Crippen molar-refractivity contribution in [2.45, 2.75) is 33.6 Å². The predicted octanol–water partition coefficient (Wildman–Crippen LogP) is 1.38. The third kappa shape index (κ3) is 1.99. The minimum absolute atomic E-state index is 0.0906. The fraction of sp³-hybridized carbons (Fsp3) is 1.00. The van der Waals surface area contributed by atoms with Gasteiger partial charge in [-0.05, 0) is 24.2 Å².